The van der Waals surface area contributed by atoms with E-state index < -0.39 is 0 Å². The molecule has 0 aromatic heterocycles. The van der Waals surface area contributed by atoms with Gasteiger partial charge in [0, 0.05) is 12.6 Å². The van der Waals surface area contributed by atoms with Crippen LogP contribution < -0.4 is 16.0 Å². The van der Waals surface area contributed by atoms with E-state index in [0.717, 1.165) is 25.8 Å². The van der Waals surface area contributed by atoms with E-state index in [-0.39, 0.29) is 36.4 Å². The summed E-state index contributed by atoms with van der Waals surface area (Å²) in [5.41, 5.74) is 2.54. The molecule has 1 aliphatic rings. The van der Waals surface area contributed by atoms with Gasteiger partial charge in [0.2, 0.25) is 5.91 Å². The Kier molecular flexibility index (Phi) is 8.98. The summed E-state index contributed by atoms with van der Waals surface area (Å²) in [6.45, 7) is 5.81. The quantitative estimate of drug-likeness (QED) is 0.353. The summed E-state index contributed by atoms with van der Waals surface area (Å²) in [5.74, 6) is 0.710. The Balaban J connectivity index is 0.00000264. The summed E-state index contributed by atoms with van der Waals surface area (Å²) >= 11 is 0. The first kappa shape index (κ1) is 19.7. The molecule has 1 aromatic rings. The van der Waals surface area contributed by atoms with Crippen LogP contribution in [0.2, 0.25) is 0 Å². The SMILES string of the molecule is CCNC(=NCc1ccccc1CC)NCC(=O)NC1CC1.I. The van der Waals surface area contributed by atoms with Crippen LogP contribution in [-0.4, -0.2) is 31.0 Å². The molecule has 0 spiro atoms. The molecule has 0 atom stereocenters. The minimum atomic E-state index is 0. The molecule has 0 aliphatic heterocycles. The number of hydrogen-bond acceptors (Lipinski definition) is 2. The largest absolute Gasteiger partial charge is 0.357 e. The Hall–Kier alpha value is -1.31. The Morgan fingerprint density at radius 1 is 1.17 bits per heavy atom. The number of carbonyl (C=O) groups excluding carboxylic acids is 1. The van der Waals surface area contributed by atoms with Gasteiger partial charge in [0.1, 0.15) is 0 Å². The number of guanidine groups is 1. The van der Waals surface area contributed by atoms with E-state index in [0.29, 0.717) is 18.5 Å². The van der Waals surface area contributed by atoms with Crippen LogP contribution in [0.4, 0.5) is 0 Å². The van der Waals surface area contributed by atoms with Crippen molar-refractivity contribution >= 4 is 35.8 Å². The second kappa shape index (κ2) is 10.5. The van der Waals surface area contributed by atoms with Crippen LogP contribution in [0, 0.1) is 0 Å². The van der Waals surface area contributed by atoms with Gasteiger partial charge in [-0.1, -0.05) is 31.2 Å². The Bertz CT molecular complexity index is 529. The van der Waals surface area contributed by atoms with Gasteiger partial charge in [0.25, 0.3) is 0 Å². The Morgan fingerprint density at radius 3 is 2.48 bits per heavy atom. The van der Waals surface area contributed by atoms with Gasteiger partial charge < -0.3 is 16.0 Å². The van der Waals surface area contributed by atoms with Crippen molar-refractivity contribution in [2.24, 2.45) is 4.99 Å². The maximum absolute atomic E-state index is 11.7. The third-order valence-electron chi connectivity index (χ3n) is 3.61. The highest BCUT2D eigenvalue weighted by Gasteiger charge is 2.22. The third-order valence-corrected chi connectivity index (χ3v) is 3.61. The number of hydrogen-bond donors (Lipinski definition) is 3. The van der Waals surface area contributed by atoms with Crippen LogP contribution >= 0.6 is 24.0 Å². The van der Waals surface area contributed by atoms with Gasteiger partial charge in [0.15, 0.2) is 5.96 Å². The maximum Gasteiger partial charge on any atom is 0.239 e. The highest BCUT2D eigenvalue weighted by Crippen LogP contribution is 2.18. The van der Waals surface area contributed by atoms with Crippen molar-refractivity contribution in [3.8, 4) is 0 Å². The number of amides is 1. The highest BCUT2D eigenvalue weighted by molar-refractivity contribution is 14.0. The van der Waals surface area contributed by atoms with Crippen LogP contribution in [0.25, 0.3) is 0 Å². The number of aryl methyl sites for hydroxylation is 1. The van der Waals surface area contributed by atoms with Crippen molar-refractivity contribution in [2.45, 2.75) is 45.7 Å². The normalized spacial score (nSPS) is 13.9. The molecule has 1 aromatic carbocycles. The van der Waals surface area contributed by atoms with Gasteiger partial charge in [-0.25, -0.2) is 4.99 Å². The average molecular weight is 430 g/mol. The Labute approximate surface area is 155 Å². The lowest BCUT2D eigenvalue weighted by Gasteiger charge is -2.12. The van der Waals surface area contributed by atoms with E-state index in [1.54, 1.807) is 0 Å². The first-order chi connectivity index (χ1) is 10.7. The van der Waals surface area contributed by atoms with Crippen LogP contribution in [0.3, 0.4) is 0 Å². The molecule has 1 fully saturated rings. The monoisotopic (exact) mass is 430 g/mol. The number of aliphatic imine (C=N–C) groups is 1. The summed E-state index contributed by atoms with van der Waals surface area (Å²) in [4.78, 5) is 16.3. The first-order valence-electron chi connectivity index (χ1n) is 8.11. The minimum Gasteiger partial charge on any atom is -0.357 e. The topological polar surface area (TPSA) is 65.5 Å². The smallest absolute Gasteiger partial charge is 0.239 e. The van der Waals surface area contributed by atoms with Crippen LogP contribution in [0.15, 0.2) is 29.3 Å². The van der Waals surface area contributed by atoms with Gasteiger partial charge in [-0.15, -0.1) is 24.0 Å². The van der Waals surface area contributed by atoms with E-state index >= 15 is 0 Å². The number of rotatable bonds is 7. The van der Waals surface area contributed by atoms with E-state index in [2.05, 4.69) is 46.1 Å². The van der Waals surface area contributed by atoms with Crippen molar-refractivity contribution in [2.75, 3.05) is 13.1 Å². The minimum absolute atomic E-state index is 0. The van der Waals surface area contributed by atoms with Crippen molar-refractivity contribution in [1.82, 2.24) is 16.0 Å². The van der Waals surface area contributed by atoms with E-state index in [4.69, 9.17) is 0 Å². The molecular weight excluding hydrogens is 403 g/mol. The van der Waals surface area contributed by atoms with E-state index in [1.807, 2.05) is 13.0 Å². The van der Waals surface area contributed by atoms with Gasteiger partial charge in [0.05, 0.1) is 13.1 Å². The zero-order valence-electron chi connectivity index (χ0n) is 13.9. The molecule has 0 radical (unpaired) electrons. The molecular formula is C17H27IN4O. The second-order valence-electron chi connectivity index (χ2n) is 5.51. The summed E-state index contributed by atoms with van der Waals surface area (Å²) in [5, 5.41) is 9.22. The fourth-order valence-corrected chi connectivity index (χ4v) is 2.23. The van der Waals surface area contributed by atoms with Crippen LogP contribution in [0.5, 0.6) is 0 Å². The molecule has 3 N–H and O–H groups in total. The van der Waals surface area contributed by atoms with Gasteiger partial charge in [-0.2, -0.15) is 0 Å². The van der Waals surface area contributed by atoms with Gasteiger partial charge >= 0.3 is 0 Å². The van der Waals surface area contributed by atoms with Gasteiger partial charge in [-0.3, -0.25) is 4.79 Å². The number of benzene rings is 1. The fourth-order valence-electron chi connectivity index (χ4n) is 2.23. The fraction of sp³-hybridized carbons (Fsp3) is 0.529. The summed E-state index contributed by atoms with van der Waals surface area (Å²) in [6.07, 6.45) is 3.21. The average Bonchev–Trinajstić information content (AvgIpc) is 3.34. The zero-order chi connectivity index (χ0) is 15.8. The zero-order valence-corrected chi connectivity index (χ0v) is 16.2. The Morgan fingerprint density at radius 2 is 1.87 bits per heavy atom. The van der Waals surface area contributed by atoms with E-state index in [1.165, 1.54) is 11.1 Å². The van der Waals surface area contributed by atoms with Crippen molar-refractivity contribution in [1.29, 1.82) is 0 Å². The predicted molar refractivity (Wildman–Crippen MR) is 105 cm³/mol. The number of halogens is 1. The molecule has 1 saturated carbocycles. The molecule has 0 saturated heterocycles. The molecule has 1 amide bonds. The summed E-state index contributed by atoms with van der Waals surface area (Å²) in [6, 6.07) is 8.72. The highest BCUT2D eigenvalue weighted by atomic mass is 127. The molecule has 0 bridgehead atoms. The summed E-state index contributed by atoms with van der Waals surface area (Å²) < 4.78 is 0. The van der Waals surface area contributed by atoms with Crippen LogP contribution in [-0.2, 0) is 17.8 Å². The lowest BCUT2D eigenvalue weighted by atomic mass is 10.1. The number of carbonyl (C=O) groups is 1. The van der Waals surface area contributed by atoms with Crippen molar-refractivity contribution in [3.05, 3.63) is 35.4 Å². The van der Waals surface area contributed by atoms with Gasteiger partial charge in [-0.05, 0) is 37.3 Å². The lowest BCUT2D eigenvalue weighted by molar-refractivity contribution is -0.120. The van der Waals surface area contributed by atoms with E-state index in [9.17, 15) is 4.79 Å². The standard InChI is InChI=1S/C17H26N4O.HI/c1-3-13-7-5-6-8-14(13)11-19-17(18-4-2)20-12-16(22)21-15-9-10-15;/h5-8,15H,3-4,9-12H2,1-2H3,(H,21,22)(H2,18,19,20);1H. The third kappa shape index (κ3) is 7.20. The lowest BCUT2D eigenvalue weighted by Crippen LogP contribution is -2.43. The molecule has 0 heterocycles. The molecule has 0 unspecified atom stereocenters. The first-order valence-corrected chi connectivity index (χ1v) is 8.11. The molecule has 5 nitrogen and oxygen atoms in total. The van der Waals surface area contributed by atoms with Crippen LogP contribution in [0.1, 0.15) is 37.8 Å². The number of nitrogens with one attached hydrogen (secondary N) is 3. The van der Waals surface area contributed by atoms with Crippen molar-refractivity contribution in [3.63, 3.8) is 0 Å². The molecule has 6 heteroatoms. The number of nitrogens with zero attached hydrogens (tertiary/aromatic N) is 1. The molecule has 23 heavy (non-hydrogen) atoms. The van der Waals surface area contributed by atoms with Crippen molar-refractivity contribution < 1.29 is 4.79 Å². The summed E-state index contributed by atoms with van der Waals surface area (Å²) in [7, 11) is 0. The molecule has 128 valence electrons. The second-order valence-corrected chi connectivity index (χ2v) is 5.51. The predicted octanol–water partition coefficient (Wildman–Crippen LogP) is 2.20. The molecule has 2 rings (SSSR count). The molecule has 1 aliphatic carbocycles. The maximum atomic E-state index is 11.7.